The van der Waals surface area contributed by atoms with Crippen molar-refractivity contribution in [2.75, 3.05) is 13.2 Å². The summed E-state index contributed by atoms with van der Waals surface area (Å²) in [5.41, 5.74) is 1.90. The molecule has 0 saturated heterocycles. The Morgan fingerprint density at radius 1 is 1.12 bits per heavy atom. The number of hydrogen-bond donors (Lipinski definition) is 1. The van der Waals surface area contributed by atoms with Gasteiger partial charge in [-0.15, -0.1) is 0 Å². The van der Waals surface area contributed by atoms with Gasteiger partial charge in [-0.2, -0.15) is 0 Å². The summed E-state index contributed by atoms with van der Waals surface area (Å²) in [7, 11) is -3.54. The number of sulfonamides is 1. The van der Waals surface area contributed by atoms with Gasteiger partial charge in [0.2, 0.25) is 10.0 Å². The summed E-state index contributed by atoms with van der Waals surface area (Å²) in [5, 5.41) is 0. The highest BCUT2D eigenvalue weighted by atomic mass is 32.2. The number of nitrogens with one attached hydrogen (secondary N) is 1. The second-order valence-electron chi connectivity index (χ2n) is 5.72. The second kappa shape index (κ2) is 6.01. The Hall–Kier alpha value is -2.22. The molecule has 1 N–H and O–H groups in total. The molecule has 0 unspecified atom stereocenters. The molecule has 0 radical (unpaired) electrons. The van der Waals surface area contributed by atoms with Gasteiger partial charge in [0.25, 0.3) is 0 Å². The zero-order valence-corrected chi connectivity index (χ0v) is 13.7. The van der Waals surface area contributed by atoms with Gasteiger partial charge in [-0.1, -0.05) is 30.3 Å². The Bertz CT molecular complexity index is 967. The Kier molecular flexibility index (Phi) is 3.84. The summed E-state index contributed by atoms with van der Waals surface area (Å²) in [4.78, 5) is 4.83. The fourth-order valence-corrected chi connectivity index (χ4v) is 4.10. The van der Waals surface area contributed by atoms with E-state index in [4.69, 9.17) is 4.74 Å². The quantitative estimate of drug-likeness (QED) is 0.787. The molecule has 0 fully saturated rings. The molecule has 2 aromatic carbocycles. The zero-order chi connectivity index (χ0) is 16.6. The van der Waals surface area contributed by atoms with Crippen LogP contribution in [0, 0.1) is 0 Å². The van der Waals surface area contributed by atoms with E-state index in [2.05, 4.69) is 14.3 Å². The highest BCUT2D eigenvalue weighted by molar-refractivity contribution is 7.89. The molecule has 1 atom stereocenters. The van der Waals surface area contributed by atoms with Gasteiger partial charge in [0.15, 0.2) is 0 Å². The third kappa shape index (κ3) is 2.71. The number of aromatic nitrogens is 2. The van der Waals surface area contributed by atoms with E-state index < -0.39 is 10.0 Å². The molecule has 0 aliphatic carbocycles. The predicted octanol–water partition coefficient (Wildman–Crippen LogP) is 2.09. The van der Waals surface area contributed by atoms with Crippen LogP contribution in [0.4, 0.5) is 0 Å². The first-order valence-corrected chi connectivity index (χ1v) is 9.22. The molecule has 0 bridgehead atoms. The average molecular weight is 343 g/mol. The summed E-state index contributed by atoms with van der Waals surface area (Å²) >= 11 is 0. The van der Waals surface area contributed by atoms with E-state index in [9.17, 15) is 8.42 Å². The van der Waals surface area contributed by atoms with E-state index in [1.54, 1.807) is 30.3 Å². The van der Waals surface area contributed by atoms with Crippen molar-refractivity contribution in [3.8, 4) is 0 Å². The molecule has 24 heavy (non-hydrogen) atoms. The van der Waals surface area contributed by atoms with Gasteiger partial charge in [0, 0.05) is 6.54 Å². The summed E-state index contributed by atoms with van der Waals surface area (Å²) in [5.74, 6) is 0.825. The largest absolute Gasteiger partial charge is 0.371 e. The third-order valence-electron chi connectivity index (χ3n) is 4.14. The van der Waals surface area contributed by atoms with Gasteiger partial charge < -0.3 is 9.30 Å². The zero-order valence-electron chi connectivity index (χ0n) is 12.9. The van der Waals surface area contributed by atoms with E-state index >= 15 is 0 Å². The Balaban J connectivity index is 1.61. The first-order chi connectivity index (χ1) is 11.6. The van der Waals surface area contributed by atoms with Crippen LogP contribution in [0.3, 0.4) is 0 Å². The Labute approximate surface area is 140 Å². The molecule has 0 amide bonds. The first-order valence-electron chi connectivity index (χ1n) is 7.73. The molecule has 3 aromatic rings. The van der Waals surface area contributed by atoms with Crippen LogP contribution < -0.4 is 4.72 Å². The minimum Gasteiger partial charge on any atom is -0.371 e. The molecule has 1 aliphatic rings. The fraction of sp³-hybridized carbons (Fsp3) is 0.235. The minimum atomic E-state index is -3.54. The van der Waals surface area contributed by atoms with E-state index in [1.807, 2.05) is 24.3 Å². The molecule has 4 rings (SSSR count). The van der Waals surface area contributed by atoms with Crippen molar-refractivity contribution in [1.29, 1.82) is 0 Å². The van der Waals surface area contributed by atoms with Crippen molar-refractivity contribution in [1.82, 2.24) is 14.3 Å². The van der Waals surface area contributed by atoms with Crippen LogP contribution in [-0.2, 0) is 21.4 Å². The number of rotatable bonds is 4. The van der Waals surface area contributed by atoms with Crippen molar-refractivity contribution in [3.05, 3.63) is 60.4 Å². The predicted molar refractivity (Wildman–Crippen MR) is 90.1 cm³/mol. The van der Waals surface area contributed by atoms with Gasteiger partial charge >= 0.3 is 0 Å². The molecule has 0 saturated carbocycles. The summed E-state index contributed by atoms with van der Waals surface area (Å²) < 4.78 is 35.2. The van der Waals surface area contributed by atoms with Crippen molar-refractivity contribution in [2.24, 2.45) is 0 Å². The van der Waals surface area contributed by atoms with Crippen molar-refractivity contribution >= 4 is 21.1 Å². The SMILES string of the molecule is O=S(=O)(NC[C@H]1COCc2nc3ccccc3n21)c1ccccc1. The first kappa shape index (κ1) is 15.3. The highest BCUT2D eigenvalue weighted by Crippen LogP contribution is 2.25. The van der Waals surface area contributed by atoms with Crippen molar-refractivity contribution < 1.29 is 13.2 Å². The molecule has 7 heteroatoms. The lowest BCUT2D eigenvalue weighted by atomic mass is 10.2. The van der Waals surface area contributed by atoms with Crippen molar-refractivity contribution in [3.63, 3.8) is 0 Å². The molecule has 124 valence electrons. The highest BCUT2D eigenvalue weighted by Gasteiger charge is 2.25. The molecule has 6 nitrogen and oxygen atoms in total. The van der Waals surface area contributed by atoms with Crippen LogP contribution in [0.5, 0.6) is 0 Å². The van der Waals surface area contributed by atoms with Gasteiger partial charge in [-0.3, -0.25) is 0 Å². The normalized spacial score (nSPS) is 17.8. The summed E-state index contributed by atoms with van der Waals surface area (Å²) in [6.07, 6.45) is 0. The lowest BCUT2D eigenvalue weighted by Gasteiger charge is -2.26. The number of benzene rings is 2. The maximum Gasteiger partial charge on any atom is 0.240 e. The number of hydrogen-bond acceptors (Lipinski definition) is 4. The minimum absolute atomic E-state index is 0.125. The van der Waals surface area contributed by atoms with E-state index in [0.29, 0.717) is 13.2 Å². The number of nitrogens with zero attached hydrogens (tertiary/aromatic N) is 2. The third-order valence-corrected chi connectivity index (χ3v) is 5.58. The summed E-state index contributed by atoms with van der Waals surface area (Å²) in [6, 6.07) is 16.1. The lowest BCUT2D eigenvalue weighted by molar-refractivity contribution is 0.0581. The number of fused-ring (bicyclic) bond motifs is 3. The molecule has 0 spiro atoms. The molecule has 1 aliphatic heterocycles. The maximum absolute atomic E-state index is 12.4. The monoisotopic (exact) mass is 343 g/mol. The van der Waals surface area contributed by atoms with Gasteiger partial charge in [0.05, 0.1) is 28.6 Å². The van der Waals surface area contributed by atoms with Crippen molar-refractivity contribution in [2.45, 2.75) is 17.5 Å². The smallest absolute Gasteiger partial charge is 0.240 e. The fourth-order valence-electron chi connectivity index (χ4n) is 3.00. The van der Waals surface area contributed by atoms with Gasteiger partial charge in [0.1, 0.15) is 12.4 Å². The number of imidazole rings is 1. The van der Waals surface area contributed by atoms with Crippen LogP contribution in [0.15, 0.2) is 59.5 Å². The Morgan fingerprint density at radius 2 is 1.88 bits per heavy atom. The van der Waals surface area contributed by atoms with Crippen LogP contribution >= 0.6 is 0 Å². The molecule has 1 aromatic heterocycles. The van der Waals surface area contributed by atoms with E-state index in [-0.39, 0.29) is 17.5 Å². The second-order valence-corrected chi connectivity index (χ2v) is 7.49. The van der Waals surface area contributed by atoms with Crippen LogP contribution in [0.25, 0.3) is 11.0 Å². The number of para-hydroxylation sites is 2. The van der Waals surface area contributed by atoms with E-state index in [1.165, 1.54) is 0 Å². The van der Waals surface area contributed by atoms with Crippen LogP contribution in [0.2, 0.25) is 0 Å². The molecular formula is C17H17N3O3S. The molecular weight excluding hydrogens is 326 g/mol. The topological polar surface area (TPSA) is 73.2 Å². The van der Waals surface area contributed by atoms with E-state index in [0.717, 1.165) is 16.9 Å². The number of ether oxygens (including phenoxy) is 1. The summed E-state index contributed by atoms with van der Waals surface area (Å²) in [6.45, 7) is 1.14. The van der Waals surface area contributed by atoms with Crippen LogP contribution in [0.1, 0.15) is 11.9 Å². The average Bonchev–Trinajstić information content (AvgIpc) is 3.00. The standard InChI is InChI=1S/C17H17N3O3S/c21-24(22,14-6-2-1-3-7-14)18-10-13-11-23-12-17-19-15-8-4-5-9-16(15)20(13)17/h1-9,13,18H,10-12H2/t13-/m0/s1. The van der Waals surface area contributed by atoms with Gasteiger partial charge in [-0.25, -0.2) is 18.1 Å². The lowest BCUT2D eigenvalue weighted by Crippen LogP contribution is -2.35. The van der Waals surface area contributed by atoms with Gasteiger partial charge in [-0.05, 0) is 24.3 Å². The maximum atomic E-state index is 12.4. The molecule has 2 heterocycles. The van der Waals surface area contributed by atoms with Crippen LogP contribution in [-0.4, -0.2) is 31.1 Å². The Morgan fingerprint density at radius 3 is 2.71 bits per heavy atom.